The normalized spacial score (nSPS) is 25.5. The molecule has 0 amide bonds. The van der Waals surface area contributed by atoms with Crippen molar-refractivity contribution in [2.45, 2.75) is 11.8 Å². The van der Waals surface area contributed by atoms with Crippen LogP contribution < -0.4 is 0 Å². The highest BCUT2D eigenvalue weighted by Crippen LogP contribution is 2.48. The van der Waals surface area contributed by atoms with Gasteiger partial charge in [-0.05, 0) is 6.08 Å². The van der Waals surface area contributed by atoms with E-state index >= 15 is 0 Å². The second-order valence-corrected chi connectivity index (χ2v) is 4.22. The summed E-state index contributed by atoms with van der Waals surface area (Å²) in [6, 6.07) is 0. The predicted octanol–water partition coefficient (Wildman–Crippen LogP) is -0.585. The van der Waals surface area contributed by atoms with E-state index in [1.54, 1.807) is 0 Å². The Bertz CT molecular complexity index is 584. The lowest BCUT2D eigenvalue weighted by molar-refractivity contribution is -0.373. The lowest BCUT2D eigenvalue weighted by Gasteiger charge is -2.30. The van der Waals surface area contributed by atoms with Gasteiger partial charge in [0, 0.05) is 20.3 Å². The molecule has 9 heteroatoms. The summed E-state index contributed by atoms with van der Waals surface area (Å²) in [6.45, 7) is 0. The van der Waals surface area contributed by atoms with Crippen molar-refractivity contribution in [1.82, 2.24) is 0 Å². The maximum atomic E-state index is 12.1. The molecular weight excluding hydrogens is 300 g/mol. The Morgan fingerprint density at radius 3 is 1.95 bits per heavy atom. The third-order valence-electron chi connectivity index (χ3n) is 3.20. The van der Waals surface area contributed by atoms with Crippen LogP contribution in [0.15, 0.2) is 23.3 Å². The predicted molar refractivity (Wildman–Crippen MR) is 66.9 cm³/mol. The van der Waals surface area contributed by atoms with Crippen LogP contribution >= 0.6 is 0 Å². The number of esters is 3. The fraction of sp³-hybridized carbons (Fsp3) is 0.462. The molecule has 0 saturated heterocycles. The molecule has 1 spiro atoms. The molecule has 0 bridgehead atoms. The lowest BCUT2D eigenvalue weighted by Crippen LogP contribution is -2.43. The van der Waals surface area contributed by atoms with E-state index in [0.717, 1.165) is 26.4 Å². The Hall–Kier alpha value is -2.23. The molecule has 0 radical (unpaired) electrons. The van der Waals surface area contributed by atoms with Gasteiger partial charge in [0.2, 0.25) is 0 Å². The van der Waals surface area contributed by atoms with Crippen molar-refractivity contribution in [3.05, 3.63) is 23.3 Å². The number of carbonyl (C=O) groups is 3. The average molecular weight is 314 g/mol. The monoisotopic (exact) mass is 314 g/mol. The van der Waals surface area contributed by atoms with E-state index in [1.807, 2.05) is 0 Å². The first-order valence-corrected chi connectivity index (χ1v) is 6.04. The SMILES string of the molecule is COC(=O)C1=C(C(=O)OC)[C@]2(C=CC(=O)O2)OC1(OC)OC. The Labute approximate surface area is 125 Å². The maximum absolute atomic E-state index is 12.1. The smallest absolute Gasteiger partial charge is 0.342 e. The maximum Gasteiger partial charge on any atom is 0.342 e. The minimum atomic E-state index is -2.09. The summed E-state index contributed by atoms with van der Waals surface area (Å²) in [5, 5.41) is 0. The Kier molecular flexibility index (Phi) is 4.05. The van der Waals surface area contributed by atoms with Gasteiger partial charge in [0.05, 0.1) is 14.2 Å². The fourth-order valence-corrected chi connectivity index (χ4v) is 2.26. The molecule has 0 saturated carbocycles. The van der Waals surface area contributed by atoms with Gasteiger partial charge in [0.25, 0.3) is 5.79 Å². The van der Waals surface area contributed by atoms with Crippen molar-refractivity contribution < 1.29 is 42.8 Å². The molecule has 0 aromatic carbocycles. The topological polar surface area (TPSA) is 107 Å². The summed E-state index contributed by atoms with van der Waals surface area (Å²) < 4.78 is 30.0. The van der Waals surface area contributed by atoms with Crippen LogP contribution in [0.5, 0.6) is 0 Å². The second kappa shape index (κ2) is 5.52. The Morgan fingerprint density at radius 1 is 1.00 bits per heavy atom. The summed E-state index contributed by atoms with van der Waals surface area (Å²) in [7, 11) is 4.56. The summed E-state index contributed by atoms with van der Waals surface area (Å²) in [5.74, 6) is -6.77. The molecule has 2 heterocycles. The van der Waals surface area contributed by atoms with E-state index in [0.29, 0.717) is 0 Å². The van der Waals surface area contributed by atoms with Crippen molar-refractivity contribution in [2.75, 3.05) is 28.4 Å². The van der Waals surface area contributed by atoms with Gasteiger partial charge in [-0.1, -0.05) is 0 Å². The van der Waals surface area contributed by atoms with Gasteiger partial charge in [-0.25, -0.2) is 14.4 Å². The van der Waals surface area contributed by atoms with Crippen molar-refractivity contribution >= 4 is 17.9 Å². The van der Waals surface area contributed by atoms with Crippen molar-refractivity contribution in [1.29, 1.82) is 0 Å². The number of hydrogen-bond donors (Lipinski definition) is 0. The third-order valence-corrected chi connectivity index (χ3v) is 3.20. The zero-order valence-electron chi connectivity index (χ0n) is 12.3. The summed E-state index contributed by atoms with van der Waals surface area (Å²) in [4.78, 5) is 35.7. The quantitative estimate of drug-likeness (QED) is 0.382. The van der Waals surface area contributed by atoms with Gasteiger partial charge in [-0.15, -0.1) is 0 Å². The highest BCUT2D eigenvalue weighted by molar-refractivity contribution is 6.05. The Morgan fingerprint density at radius 2 is 1.55 bits per heavy atom. The van der Waals surface area contributed by atoms with E-state index < -0.39 is 40.8 Å². The first-order chi connectivity index (χ1) is 10.4. The third kappa shape index (κ3) is 2.10. The van der Waals surface area contributed by atoms with Crippen LogP contribution in [0.3, 0.4) is 0 Å². The highest BCUT2D eigenvalue weighted by Gasteiger charge is 2.64. The van der Waals surface area contributed by atoms with E-state index in [1.165, 1.54) is 14.2 Å². The zero-order chi connectivity index (χ0) is 16.5. The molecule has 0 aliphatic carbocycles. The number of hydrogen-bond acceptors (Lipinski definition) is 9. The van der Waals surface area contributed by atoms with Crippen LogP contribution in [0.4, 0.5) is 0 Å². The van der Waals surface area contributed by atoms with E-state index in [2.05, 4.69) is 9.47 Å². The first-order valence-electron chi connectivity index (χ1n) is 6.04. The van der Waals surface area contributed by atoms with Crippen molar-refractivity contribution in [3.63, 3.8) is 0 Å². The molecule has 0 aromatic rings. The standard InChI is InChI=1S/C13H14O9/c1-17-10(15)8-9(11(16)18-2)13(19-3,20-4)22-12(8)6-5-7(14)21-12/h5-6H,1-4H3/t12-/m0/s1. The minimum absolute atomic E-state index is 0.396. The number of methoxy groups -OCH3 is 4. The largest absolute Gasteiger partial charge is 0.465 e. The molecule has 22 heavy (non-hydrogen) atoms. The van der Waals surface area contributed by atoms with Crippen molar-refractivity contribution in [3.8, 4) is 0 Å². The van der Waals surface area contributed by atoms with Crippen LogP contribution in [0.2, 0.25) is 0 Å². The van der Waals surface area contributed by atoms with E-state index in [-0.39, 0.29) is 0 Å². The minimum Gasteiger partial charge on any atom is -0.465 e. The fourth-order valence-electron chi connectivity index (χ4n) is 2.26. The van der Waals surface area contributed by atoms with Crippen molar-refractivity contribution in [2.24, 2.45) is 0 Å². The van der Waals surface area contributed by atoms with Crippen LogP contribution in [0.25, 0.3) is 0 Å². The molecule has 0 unspecified atom stereocenters. The summed E-state index contributed by atoms with van der Waals surface area (Å²) >= 11 is 0. The van der Waals surface area contributed by atoms with Gasteiger partial charge >= 0.3 is 23.9 Å². The lowest BCUT2D eigenvalue weighted by atomic mass is 10.0. The zero-order valence-corrected chi connectivity index (χ0v) is 12.3. The molecule has 1 atom stereocenters. The summed E-state index contributed by atoms with van der Waals surface area (Å²) in [6.07, 6.45) is 2.20. The molecule has 0 fully saturated rings. The van der Waals surface area contributed by atoms with Gasteiger partial charge in [0.15, 0.2) is 0 Å². The Balaban J connectivity index is 2.73. The molecule has 2 rings (SSSR count). The van der Waals surface area contributed by atoms with Crippen LogP contribution in [-0.4, -0.2) is 58.1 Å². The van der Waals surface area contributed by atoms with E-state index in [9.17, 15) is 14.4 Å². The van der Waals surface area contributed by atoms with Crippen LogP contribution in [-0.2, 0) is 42.8 Å². The molecule has 9 nitrogen and oxygen atoms in total. The molecule has 2 aliphatic heterocycles. The van der Waals surface area contributed by atoms with Gasteiger partial charge in [-0.2, -0.15) is 0 Å². The number of ether oxygens (including phenoxy) is 6. The van der Waals surface area contributed by atoms with Gasteiger partial charge in [-0.3, -0.25) is 4.74 Å². The second-order valence-electron chi connectivity index (χ2n) is 4.22. The van der Waals surface area contributed by atoms with E-state index in [4.69, 9.17) is 18.9 Å². The molecule has 0 N–H and O–H groups in total. The first kappa shape index (κ1) is 16.1. The summed E-state index contributed by atoms with van der Waals surface area (Å²) in [5.41, 5.74) is -0.807. The molecule has 0 aromatic heterocycles. The van der Waals surface area contributed by atoms with Crippen LogP contribution in [0, 0.1) is 0 Å². The number of carbonyl (C=O) groups excluding carboxylic acids is 3. The number of rotatable bonds is 4. The van der Waals surface area contributed by atoms with Gasteiger partial charge in [0.1, 0.15) is 11.1 Å². The highest BCUT2D eigenvalue weighted by atomic mass is 16.9. The molecule has 2 aliphatic rings. The van der Waals surface area contributed by atoms with Gasteiger partial charge < -0.3 is 23.7 Å². The average Bonchev–Trinajstić information content (AvgIpc) is 3.04. The van der Waals surface area contributed by atoms with Crippen LogP contribution in [0.1, 0.15) is 0 Å². The molecule has 120 valence electrons. The molecular formula is C13H14O9.